The summed E-state index contributed by atoms with van der Waals surface area (Å²) in [6.45, 7) is 4.29. The van der Waals surface area contributed by atoms with Gasteiger partial charge < -0.3 is 10.6 Å². The minimum absolute atomic E-state index is 0.291. The first-order valence-corrected chi connectivity index (χ1v) is 7.30. The van der Waals surface area contributed by atoms with Gasteiger partial charge in [-0.1, -0.05) is 12.1 Å². The summed E-state index contributed by atoms with van der Waals surface area (Å²) in [7, 11) is 0. The van der Waals surface area contributed by atoms with Gasteiger partial charge >= 0.3 is 6.03 Å². The van der Waals surface area contributed by atoms with Crippen LogP contribution in [0.15, 0.2) is 40.9 Å². The Kier molecular flexibility index (Phi) is 4.96. The SMILES string of the molecule is Cc1cc(C)cc(NC(=O)NCc2ccc(F)c(Br)c2)c1. The van der Waals surface area contributed by atoms with Crippen LogP contribution in [0.4, 0.5) is 14.9 Å². The first-order valence-electron chi connectivity index (χ1n) is 6.51. The zero-order valence-corrected chi connectivity index (χ0v) is 13.4. The zero-order valence-electron chi connectivity index (χ0n) is 11.8. The Morgan fingerprint density at radius 1 is 1.14 bits per heavy atom. The van der Waals surface area contributed by atoms with Crippen molar-refractivity contribution in [1.82, 2.24) is 5.32 Å². The van der Waals surface area contributed by atoms with Crippen LogP contribution in [0.1, 0.15) is 16.7 Å². The summed E-state index contributed by atoms with van der Waals surface area (Å²) in [4.78, 5) is 11.9. The van der Waals surface area contributed by atoms with E-state index in [0.29, 0.717) is 11.0 Å². The Balaban J connectivity index is 1.94. The van der Waals surface area contributed by atoms with Gasteiger partial charge in [0, 0.05) is 12.2 Å². The number of anilines is 1. The van der Waals surface area contributed by atoms with E-state index in [1.54, 1.807) is 12.1 Å². The van der Waals surface area contributed by atoms with E-state index in [4.69, 9.17) is 0 Å². The van der Waals surface area contributed by atoms with Gasteiger partial charge in [0.1, 0.15) is 5.82 Å². The van der Waals surface area contributed by atoms with Crippen LogP contribution >= 0.6 is 15.9 Å². The third kappa shape index (κ3) is 4.56. The largest absolute Gasteiger partial charge is 0.334 e. The first kappa shape index (κ1) is 15.5. The lowest BCUT2D eigenvalue weighted by atomic mass is 10.1. The number of carbonyl (C=O) groups is 1. The second kappa shape index (κ2) is 6.72. The van der Waals surface area contributed by atoms with Crippen molar-refractivity contribution >= 4 is 27.6 Å². The average molecular weight is 351 g/mol. The molecule has 0 saturated heterocycles. The molecule has 2 N–H and O–H groups in total. The fraction of sp³-hybridized carbons (Fsp3) is 0.188. The third-order valence-corrected chi connectivity index (χ3v) is 3.52. The molecule has 2 amide bonds. The number of benzene rings is 2. The summed E-state index contributed by atoms with van der Waals surface area (Å²) in [6, 6.07) is 10.2. The molecule has 2 rings (SSSR count). The number of carbonyl (C=O) groups excluding carboxylic acids is 1. The monoisotopic (exact) mass is 350 g/mol. The lowest BCUT2D eigenvalue weighted by molar-refractivity contribution is 0.251. The molecular weight excluding hydrogens is 335 g/mol. The van der Waals surface area contributed by atoms with Gasteiger partial charge in [-0.05, 0) is 70.7 Å². The number of urea groups is 1. The maximum absolute atomic E-state index is 13.1. The quantitative estimate of drug-likeness (QED) is 0.838. The van der Waals surface area contributed by atoms with Crippen molar-refractivity contribution in [2.24, 2.45) is 0 Å². The molecule has 0 radical (unpaired) electrons. The van der Waals surface area contributed by atoms with Gasteiger partial charge in [-0.2, -0.15) is 0 Å². The maximum Gasteiger partial charge on any atom is 0.319 e. The Hall–Kier alpha value is -1.88. The van der Waals surface area contributed by atoms with Crippen LogP contribution in [-0.4, -0.2) is 6.03 Å². The molecule has 3 nitrogen and oxygen atoms in total. The van der Waals surface area contributed by atoms with Crippen molar-refractivity contribution in [2.45, 2.75) is 20.4 Å². The van der Waals surface area contributed by atoms with Crippen LogP contribution in [0.2, 0.25) is 0 Å². The van der Waals surface area contributed by atoms with E-state index in [9.17, 15) is 9.18 Å². The molecule has 0 aromatic heterocycles. The molecule has 0 saturated carbocycles. The van der Waals surface area contributed by atoms with Crippen LogP contribution in [0.25, 0.3) is 0 Å². The van der Waals surface area contributed by atoms with E-state index in [2.05, 4.69) is 26.6 Å². The molecule has 110 valence electrons. The van der Waals surface area contributed by atoms with E-state index in [-0.39, 0.29) is 11.8 Å². The highest BCUT2D eigenvalue weighted by Gasteiger charge is 2.04. The molecule has 0 bridgehead atoms. The fourth-order valence-electron chi connectivity index (χ4n) is 2.05. The zero-order chi connectivity index (χ0) is 15.4. The van der Waals surface area contributed by atoms with Crippen LogP contribution in [-0.2, 0) is 6.54 Å². The molecule has 0 fully saturated rings. The second-order valence-corrected chi connectivity index (χ2v) is 5.79. The molecule has 0 heterocycles. The standard InChI is InChI=1S/C16H16BrFN2O/c1-10-5-11(2)7-13(6-10)20-16(21)19-9-12-3-4-15(18)14(17)8-12/h3-8H,9H2,1-2H3,(H2,19,20,21). The number of hydrogen-bond acceptors (Lipinski definition) is 1. The third-order valence-electron chi connectivity index (χ3n) is 2.92. The Bertz CT molecular complexity index is 653. The summed E-state index contributed by atoms with van der Waals surface area (Å²) in [6.07, 6.45) is 0. The molecule has 21 heavy (non-hydrogen) atoms. The highest BCUT2D eigenvalue weighted by Crippen LogP contribution is 2.17. The predicted molar refractivity (Wildman–Crippen MR) is 85.9 cm³/mol. The van der Waals surface area contributed by atoms with Crippen LogP contribution in [0, 0.1) is 19.7 Å². The lowest BCUT2D eigenvalue weighted by Crippen LogP contribution is -2.28. The highest BCUT2D eigenvalue weighted by atomic mass is 79.9. The van der Waals surface area contributed by atoms with E-state index in [1.807, 2.05) is 32.0 Å². The minimum atomic E-state index is -0.321. The number of aryl methyl sites for hydroxylation is 2. The van der Waals surface area contributed by atoms with Crippen molar-refractivity contribution < 1.29 is 9.18 Å². The van der Waals surface area contributed by atoms with Gasteiger partial charge in [0.05, 0.1) is 4.47 Å². The normalized spacial score (nSPS) is 10.3. The van der Waals surface area contributed by atoms with Crippen molar-refractivity contribution in [3.63, 3.8) is 0 Å². The maximum atomic E-state index is 13.1. The summed E-state index contributed by atoms with van der Waals surface area (Å²) < 4.78 is 13.5. The van der Waals surface area contributed by atoms with E-state index >= 15 is 0 Å². The smallest absolute Gasteiger partial charge is 0.319 e. The summed E-state index contributed by atoms with van der Waals surface area (Å²) in [5.74, 6) is -0.321. The first-order chi connectivity index (χ1) is 9.94. The molecule has 2 aromatic carbocycles. The van der Waals surface area contributed by atoms with E-state index in [1.165, 1.54) is 6.07 Å². The van der Waals surface area contributed by atoms with Gasteiger partial charge in [0.25, 0.3) is 0 Å². The van der Waals surface area contributed by atoms with E-state index in [0.717, 1.165) is 22.4 Å². The molecule has 0 aliphatic rings. The van der Waals surface area contributed by atoms with Crippen molar-refractivity contribution in [3.8, 4) is 0 Å². The number of rotatable bonds is 3. The minimum Gasteiger partial charge on any atom is -0.334 e. The molecule has 0 unspecified atom stereocenters. The predicted octanol–water partition coefficient (Wildman–Crippen LogP) is 4.53. The van der Waals surface area contributed by atoms with Gasteiger partial charge in [-0.3, -0.25) is 0 Å². The average Bonchev–Trinajstić information content (AvgIpc) is 2.39. The second-order valence-electron chi connectivity index (χ2n) is 4.93. The Morgan fingerprint density at radius 3 is 2.43 bits per heavy atom. The van der Waals surface area contributed by atoms with Gasteiger partial charge in [0.2, 0.25) is 0 Å². The molecule has 0 spiro atoms. The number of hydrogen-bond donors (Lipinski definition) is 2. The molecule has 5 heteroatoms. The topological polar surface area (TPSA) is 41.1 Å². The van der Waals surface area contributed by atoms with Crippen molar-refractivity contribution in [3.05, 3.63) is 63.4 Å². The molecule has 0 aliphatic heterocycles. The summed E-state index contributed by atoms with van der Waals surface area (Å²) in [5.41, 5.74) is 3.75. The van der Waals surface area contributed by atoms with Crippen LogP contribution < -0.4 is 10.6 Å². The molecular formula is C16H16BrFN2O. The van der Waals surface area contributed by atoms with Gasteiger partial charge in [-0.15, -0.1) is 0 Å². The number of halogens is 2. The van der Waals surface area contributed by atoms with Crippen molar-refractivity contribution in [2.75, 3.05) is 5.32 Å². The van der Waals surface area contributed by atoms with Crippen LogP contribution in [0.5, 0.6) is 0 Å². The van der Waals surface area contributed by atoms with Gasteiger partial charge in [0.15, 0.2) is 0 Å². The van der Waals surface area contributed by atoms with E-state index < -0.39 is 0 Å². The summed E-state index contributed by atoms with van der Waals surface area (Å²) >= 11 is 3.12. The Labute approximate surface area is 131 Å². The molecule has 0 aliphatic carbocycles. The van der Waals surface area contributed by atoms with Crippen LogP contribution in [0.3, 0.4) is 0 Å². The number of amides is 2. The fourth-order valence-corrected chi connectivity index (χ4v) is 2.48. The van der Waals surface area contributed by atoms with Crippen molar-refractivity contribution in [1.29, 1.82) is 0 Å². The molecule has 0 atom stereocenters. The summed E-state index contributed by atoms with van der Waals surface area (Å²) in [5, 5.41) is 5.52. The molecule has 2 aromatic rings. The Morgan fingerprint density at radius 2 is 1.81 bits per heavy atom. The van der Waals surface area contributed by atoms with Gasteiger partial charge in [-0.25, -0.2) is 9.18 Å². The number of nitrogens with one attached hydrogen (secondary N) is 2. The lowest BCUT2D eigenvalue weighted by Gasteiger charge is -2.09. The highest BCUT2D eigenvalue weighted by molar-refractivity contribution is 9.10.